The molecule has 0 spiro atoms. The lowest BCUT2D eigenvalue weighted by Gasteiger charge is -2.06. The first-order valence-electron chi connectivity index (χ1n) is 5.23. The van der Waals surface area contributed by atoms with Crippen LogP contribution in [0.2, 0.25) is 0 Å². The van der Waals surface area contributed by atoms with Crippen LogP contribution in [0, 0.1) is 11.3 Å². The molecular formula is C14H12N2S. The highest BCUT2D eigenvalue weighted by Crippen LogP contribution is 2.21. The van der Waals surface area contributed by atoms with E-state index in [-0.39, 0.29) is 0 Å². The first kappa shape index (κ1) is 11.6. The van der Waals surface area contributed by atoms with Gasteiger partial charge in [0.15, 0.2) is 0 Å². The first-order valence-corrected chi connectivity index (χ1v) is 6.45. The van der Waals surface area contributed by atoms with Gasteiger partial charge in [-0.25, -0.2) is 0 Å². The monoisotopic (exact) mass is 240 g/mol. The summed E-state index contributed by atoms with van der Waals surface area (Å²) in [5.41, 5.74) is 2.71. The highest BCUT2D eigenvalue weighted by atomic mass is 32.2. The lowest BCUT2D eigenvalue weighted by atomic mass is 10.2. The molecule has 0 unspecified atom stereocenters. The van der Waals surface area contributed by atoms with Crippen molar-refractivity contribution in [2.24, 2.45) is 0 Å². The number of rotatable bonds is 3. The molecule has 3 heteroatoms. The molecule has 0 aromatic heterocycles. The maximum Gasteiger partial charge on any atom is 0.0991 e. The van der Waals surface area contributed by atoms with Crippen LogP contribution in [0.4, 0.5) is 11.4 Å². The van der Waals surface area contributed by atoms with Gasteiger partial charge in [-0.3, -0.25) is 0 Å². The number of benzene rings is 2. The van der Waals surface area contributed by atoms with Crippen LogP contribution in [-0.4, -0.2) is 6.26 Å². The standard InChI is InChI=1S/C14H12N2S/c1-17-14-8-6-13(7-9-14)16-12-4-2-11(10-15)3-5-12/h2-9,16H,1H3. The van der Waals surface area contributed by atoms with Crippen LogP contribution < -0.4 is 5.32 Å². The summed E-state index contributed by atoms with van der Waals surface area (Å²) in [6.45, 7) is 0. The summed E-state index contributed by atoms with van der Waals surface area (Å²) >= 11 is 1.72. The SMILES string of the molecule is CSc1ccc(Nc2ccc(C#N)cc2)cc1. The van der Waals surface area contributed by atoms with E-state index in [1.54, 1.807) is 23.9 Å². The molecule has 0 atom stereocenters. The van der Waals surface area contributed by atoms with Crippen LogP contribution in [0.15, 0.2) is 53.4 Å². The summed E-state index contributed by atoms with van der Waals surface area (Å²) in [6.07, 6.45) is 2.06. The number of anilines is 2. The van der Waals surface area contributed by atoms with Crippen LogP contribution in [-0.2, 0) is 0 Å². The Morgan fingerprint density at radius 1 is 0.941 bits per heavy atom. The van der Waals surface area contributed by atoms with E-state index in [1.165, 1.54) is 4.90 Å². The van der Waals surface area contributed by atoms with Crippen molar-refractivity contribution in [3.05, 3.63) is 54.1 Å². The number of hydrogen-bond acceptors (Lipinski definition) is 3. The predicted octanol–water partition coefficient (Wildman–Crippen LogP) is 4.02. The Kier molecular flexibility index (Phi) is 3.69. The fraction of sp³-hybridized carbons (Fsp3) is 0.0714. The fourth-order valence-electron chi connectivity index (χ4n) is 1.47. The van der Waals surface area contributed by atoms with Crippen LogP contribution in [0.3, 0.4) is 0 Å². The van der Waals surface area contributed by atoms with Crippen LogP contribution in [0.5, 0.6) is 0 Å². The Hall–Kier alpha value is -1.92. The van der Waals surface area contributed by atoms with Gasteiger partial charge in [-0.15, -0.1) is 11.8 Å². The van der Waals surface area contributed by atoms with Gasteiger partial charge in [-0.1, -0.05) is 0 Å². The van der Waals surface area contributed by atoms with E-state index in [4.69, 9.17) is 5.26 Å². The Morgan fingerprint density at radius 3 is 1.94 bits per heavy atom. The van der Waals surface area contributed by atoms with Crippen LogP contribution in [0.25, 0.3) is 0 Å². The van der Waals surface area contributed by atoms with Crippen molar-refractivity contribution in [1.29, 1.82) is 5.26 Å². The lowest BCUT2D eigenvalue weighted by molar-refractivity contribution is 1.44. The smallest absolute Gasteiger partial charge is 0.0991 e. The van der Waals surface area contributed by atoms with E-state index >= 15 is 0 Å². The molecule has 0 bridgehead atoms. The molecule has 0 aliphatic carbocycles. The van der Waals surface area contributed by atoms with Crippen molar-refractivity contribution < 1.29 is 0 Å². The number of hydrogen-bond donors (Lipinski definition) is 1. The normalized spacial score (nSPS) is 9.65. The molecule has 0 aliphatic heterocycles. The second-order valence-electron chi connectivity index (χ2n) is 3.54. The van der Waals surface area contributed by atoms with Gasteiger partial charge < -0.3 is 5.32 Å². The summed E-state index contributed by atoms with van der Waals surface area (Å²) in [7, 11) is 0. The third kappa shape index (κ3) is 3.02. The van der Waals surface area contributed by atoms with Crippen molar-refractivity contribution in [1.82, 2.24) is 0 Å². The summed E-state index contributed by atoms with van der Waals surface area (Å²) in [4.78, 5) is 1.25. The minimum Gasteiger partial charge on any atom is -0.356 e. The zero-order valence-electron chi connectivity index (χ0n) is 9.47. The van der Waals surface area contributed by atoms with Gasteiger partial charge in [-0.2, -0.15) is 5.26 Å². The molecule has 0 heterocycles. The average molecular weight is 240 g/mol. The molecule has 2 rings (SSSR count). The van der Waals surface area contributed by atoms with Gasteiger partial charge in [0, 0.05) is 16.3 Å². The predicted molar refractivity (Wildman–Crippen MR) is 72.7 cm³/mol. The second-order valence-corrected chi connectivity index (χ2v) is 4.42. The first-order chi connectivity index (χ1) is 8.31. The van der Waals surface area contributed by atoms with E-state index < -0.39 is 0 Å². The molecule has 0 aliphatic rings. The lowest BCUT2D eigenvalue weighted by Crippen LogP contribution is -1.89. The average Bonchev–Trinajstić information content (AvgIpc) is 2.40. The molecule has 0 fully saturated rings. The molecular weight excluding hydrogens is 228 g/mol. The van der Waals surface area contributed by atoms with Gasteiger partial charge in [-0.05, 0) is 54.8 Å². The summed E-state index contributed by atoms with van der Waals surface area (Å²) in [5, 5.41) is 12.0. The van der Waals surface area contributed by atoms with Gasteiger partial charge in [0.25, 0.3) is 0 Å². The van der Waals surface area contributed by atoms with Crippen LogP contribution in [0.1, 0.15) is 5.56 Å². The van der Waals surface area contributed by atoms with Gasteiger partial charge in [0.2, 0.25) is 0 Å². The van der Waals surface area contributed by atoms with Crippen molar-refractivity contribution >= 4 is 23.1 Å². The van der Waals surface area contributed by atoms with Crippen molar-refractivity contribution in [3.8, 4) is 6.07 Å². The zero-order chi connectivity index (χ0) is 12.1. The second kappa shape index (κ2) is 5.42. The third-order valence-corrected chi connectivity index (χ3v) is 3.14. The van der Waals surface area contributed by atoms with E-state index in [2.05, 4.69) is 29.8 Å². The van der Waals surface area contributed by atoms with E-state index in [0.717, 1.165) is 11.4 Å². The third-order valence-electron chi connectivity index (χ3n) is 2.39. The summed E-state index contributed by atoms with van der Waals surface area (Å²) < 4.78 is 0. The molecule has 0 saturated heterocycles. The van der Waals surface area contributed by atoms with E-state index in [1.807, 2.05) is 24.3 Å². The Balaban J connectivity index is 2.11. The van der Waals surface area contributed by atoms with Gasteiger partial charge in [0.05, 0.1) is 11.6 Å². The largest absolute Gasteiger partial charge is 0.356 e. The van der Waals surface area contributed by atoms with E-state index in [0.29, 0.717) is 5.56 Å². The van der Waals surface area contributed by atoms with Gasteiger partial charge >= 0.3 is 0 Å². The molecule has 2 aromatic carbocycles. The Labute approximate surface area is 105 Å². The molecule has 2 aromatic rings. The van der Waals surface area contributed by atoms with Crippen molar-refractivity contribution in [2.75, 3.05) is 11.6 Å². The maximum atomic E-state index is 8.70. The van der Waals surface area contributed by atoms with Crippen molar-refractivity contribution in [3.63, 3.8) is 0 Å². The minimum atomic E-state index is 0.674. The summed E-state index contributed by atoms with van der Waals surface area (Å²) in [6, 6.07) is 17.8. The topological polar surface area (TPSA) is 35.8 Å². The molecule has 0 amide bonds. The minimum absolute atomic E-state index is 0.674. The maximum absolute atomic E-state index is 8.70. The van der Waals surface area contributed by atoms with E-state index in [9.17, 15) is 0 Å². The molecule has 2 nitrogen and oxygen atoms in total. The van der Waals surface area contributed by atoms with Crippen molar-refractivity contribution in [2.45, 2.75) is 4.90 Å². The quantitative estimate of drug-likeness (QED) is 0.823. The van der Waals surface area contributed by atoms with Crippen LogP contribution >= 0.6 is 11.8 Å². The highest BCUT2D eigenvalue weighted by molar-refractivity contribution is 7.98. The Bertz CT molecular complexity index is 524. The fourth-order valence-corrected chi connectivity index (χ4v) is 1.88. The molecule has 1 N–H and O–H groups in total. The van der Waals surface area contributed by atoms with Gasteiger partial charge in [0.1, 0.15) is 0 Å². The Morgan fingerprint density at radius 2 is 1.47 bits per heavy atom. The molecule has 17 heavy (non-hydrogen) atoms. The molecule has 84 valence electrons. The highest BCUT2D eigenvalue weighted by Gasteiger charge is 1.96. The number of nitrogens with zero attached hydrogens (tertiary/aromatic N) is 1. The molecule has 0 radical (unpaired) electrons. The number of thioether (sulfide) groups is 1. The number of nitrogens with one attached hydrogen (secondary N) is 1. The summed E-state index contributed by atoms with van der Waals surface area (Å²) in [5.74, 6) is 0. The molecule has 0 saturated carbocycles. The number of nitriles is 1. The zero-order valence-corrected chi connectivity index (χ0v) is 10.3.